The number of nitrogens with zero attached hydrogens (tertiary/aromatic N) is 1. The molecule has 1 aromatic carbocycles. The van der Waals surface area contributed by atoms with Crippen LogP contribution >= 0.6 is 24.0 Å². The number of aryl methyl sites for hydroxylation is 1. The Morgan fingerprint density at radius 2 is 1.75 bits per heavy atom. The van der Waals surface area contributed by atoms with Crippen LogP contribution < -0.4 is 16.0 Å². The first-order valence-electron chi connectivity index (χ1n) is 8.61. The fourth-order valence-electron chi connectivity index (χ4n) is 2.42. The normalized spacial score (nSPS) is 13.8. The highest BCUT2D eigenvalue weighted by Crippen LogP contribution is 2.28. The molecule has 0 heterocycles. The smallest absolute Gasteiger partial charge is 0.223 e. The van der Waals surface area contributed by atoms with Crippen molar-refractivity contribution in [3.63, 3.8) is 0 Å². The van der Waals surface area contributed by atoms with E-state index < -0.39 is 0 Å². The van der Waals surface area contributed by atoms with Gasteiger partial charge in [0.2, 0.25) is 5.91 Å². The molecule has 6 heteroatoms. The Bertz CT molecular complexity index is 544. The molecule has 0 bridgehead atoms. The van der Waals surface area contributed by atoms with Gasteiger partial charge in [0.05, 0.1) is 6.54 Å². The van der Waals surface area contributed by atoms with Crippen LogP contribution in [0.4, 0.5) is 0 Å². The van der Waals surface area contributed by atoms with E-state index >= 15 is 0 Å². The molecular formula is C18H29IN4O. The average Bonchev–Trinajstić information content (AvgIpc) is 3.41. The molecule has 1 amide bonds. The lowest BCUT2D eigenvalue weighted by Gasteiger charge is -2.12. The van der Waals surface area contributed by atoms with Gasteiger partial charge in [0, 0.05) is 25.6 Å². The number of rotatable bonds is 8. The van der Waals surface area contributed by atoms with E-state index in [0.29, 0.717) is 19.6 Å². The van der Waals surface area contributed by atoms with Crippen LogP contribution in [0.5, 0.6) is 0 Å². The summed E-state index contributed by atoms with van der Waals surface area (Å²) < 4.78 is 0. The van der Waals surface area contributed by atoms with E-state index in [9.17, 15) is 4.79 Å². The molecule has 5 nitrogen and oxygen atoms in total. The lowest BCUT2D eigenvalue weighted by molar-refractivity contribution is -0.122. The summed E-state index contributed by atoms with van der Waals surface area (Å²) in [5.41, 5.74) is 2.60. The van der Waals surface area contributed by atoms with E-state index in [1.54, 1.807) is 0 Å². The Labute approximate surface area is 162 Å². The summed E-state index contributed by atoms with van der Waals surface area (Å²) in [6.07, 6.45) is 3.10. The second-order valence-corrected chi connectivity index (χ2v) is 5.81. The molecule has 0 radical (unpaired) electrons. The maximum absolute atomic E-state index is 11.6. The summed E-state index contributed by atoms with van der Waals surface area (Å²) in [7, 11) is 0. The molecule has 0 spiro atoms. The van der Waals surface area contributed by atoms with Crippen LogP contribution in [-0.4, -0.2) is 31.5 Å². The average molecular weight is 444 g/mol. The van der Waals surface area contributed by atoms with Crippen LogP contribution in [0.15, 0.2) is 29.3 Å². The lowest BCUT2D eigenvalue weighted by atomic mass is 10.1. The number of carbonyl (C=O) groups excluding carboxylic acids is 1. The lowest BCUT2D eigenvalue weighted by Crippen LogP contribution is -2.41. The molecule has 0 atom stereocenters. The molecule has 0 unspecified atom stereocenters. The van der Waals surface area contributed by atoms with Gasteiger partial charge in [-0.3, -0.25) is 4.79 Å². The standard InChI is InChI=1S/C18H28N4O.HI/c1-3-14-7-5-6-8-16(14)13-22-18(19-4-2)21-12-11-20-17(23)15-9-10-15;/h5-8,15H,3-4,9-13H2,1-2H3,(H,20,23)(H2,19,21,22);1H. The second-order valence-electron chi connectivity index (χ2n) is 5.81. The minimum absolute atomic E-state index is 0. The maximum atomic E-state index is 11.6. The first-order valence-corrected chi connectivity index (χ1v) is 8.61. The van der Waals surface area contributed by atoms with Gasteiger partial charge < -0.3 is 16.0 Å². The number of hydrogen-bond donors (Lipinski definition) is 3. The van der Waals surface area contributed by atoms with Crippen molar-refractivity contribution in [3.05, 3.63) is 35.4 Å². The van der Waals surface area contributed by atoms with Gasteiger partial charge in [-0.25, -0.2) is 4.99 Å². The van der Waals surface area contributed by atoms with Crippen LogP contribution in [0.2, 0.25) is 0 Å². The molecule has 24 heavy (non-hydrogen) atoms. The zero-order chi connectivity index (χ0) is 16.5. The van der Waals surface area contributed by atoms with Gasteiger partial charge in [0.25, 0.3) is 0 Å². The Kier molecular flexibility index (Phi) is 9.75. The highest BCUT2D eigenvalue weighted by atomic mass is 127. The number of amides is 1. The third kappa shape index (κ3) is 7.07. The Morgan fingerprint density at radius 1 is 1.08 bits per heavy atom. The Hall–Kier alpha value is -1.31. The molecule has 1 fully saturated rings. The number of aliphatic imine (C=N–C) groups is 1. The van der Waals surface area contributed by atoms with Gasteiger partial charge >= 0.3 is 0 Å². The molecule has 0 aliphatic heterocycles. The zero-order valence-corrected chi connectivity index (χ0v) is 16.9. The maximum Gasteiger partial charge on any atom is 0.223 e. The van der Waals surface area contributed by atoms with Crippen molar-refractivity contribution in [2.24, 2.45) is 10.9 Å². The molecule has 1 aliphatic rings. The van der Waals surface area contributed by atoms with Crippen molar-refractivity contribution in [3.8, 4) is 0 Å². The summed E-state index contributed by atoms with van der Waals surface area (Å²) in [4.78, 5) is 16.2. The highest BCUT2D eigenvalue weighted by Gasteiger charge is 2.28. The van der Waals surface area contributed by atoms with Crippen molar-refractivity contribution in [1.82, 2.24) is 16.0 Å². The van der Waals surface area contributed by atoms with Crippen molar-refractivity contribution >= 4 is 35.8 Å². The molecule has 0 saturated heterocycles. The third-order valence-corrected chi connectivity index (χ3v) is 3.92. The number of carbonyl (C=O) groups is 1. The van der Waals surface area contributed by atoms with Crippen LogP contribution in [-0.2, 0) is 17.8 Å². The monoisotopic (exact) mass is 444 g/mol. The molecule has 3 N–H and O–H groups in total. The molecule has 1 aromatic rings. The van der Waals surface area contributed by atoms with Gasteiger partial charge in [-0.15, -0.1) is 24.0 Å². The number of hydrogen-bond acceptors (Lipinski definition) is 2. The van der Waals surface area contributed by atoms with Crippen molar-refractivity contribution in [2.75, 3.05) is 19.6 Å². The molecule has 134 valence electrons. The molecule has 2 rings (SSSR count). The zero-order valence-electron chi connectivity index (χ0n) is 14.6. The largest absolute Gasteiger partial charge is 0.357 e. The van der Waals surface area contributed by atoms with Crippen molar-refractivity contribution in [2.45, 2.75) is 39.7 Å². The van der Waals surface area contributed by atoms with Crippen LogP contribution in [0.25, 0.3) is 0 Å². The third-order valence-electron chi connectivity index (χ3n) is 3.92. The van der Waals surface area contributed by atoms with Gasteiger partial charge in [-0.1, -0.05) is 31.2 Å². The van der Waals surface area contributed by atoms with Crippen molar-refractivity contribution < 1.29 is 4.79 Å². The van der Waals surface area contributed by atoms with Crippen LogP contribution in [0, 0.1) is 5.92 Å². The van der Waals surface area contributed by atoms with E-state index in [2.05, 4.69) is 52.1 Å². The van der Waals surface area contributed by atoms with Crippen LogP contribution in [0.3, 0.4) is 0 Å². The van der Waals surface area contributed by atoms with Gasteiger partial charge in [-0.2, -0.15) is 0 Å². The highest BCUT2D eigenvalue weighted by molar-refractivity contribution is 14.0. The minimum atomic E-state index is 0. The van der Waals surface area contributed by atoms with E-state index in [4.69, 9.17) is 0 Å². The predicted molar refractivity (Wildman–Crippen MR) is 110 cm³/mol. The summed E-state index contributed by atoms with van der Waals surface area (Å²) in [6.45, 7) is 7.00. The van der Waals surface area contributed by atoms with Gasteiger partial charge in [0.1, 0.15) is 0 Å². The second kappa shape index (κ2) is 11.3. The van der Waals surface area contributed by atoms with Gasteiger partial charge in [0.15, 0.2) is 5.96 Å². The molecule has 1 saturated carbocycles. The van der Waals surface area contributed by atoms with Gasteiger partial charge in [-0.05, 0) is 37.3 Å². The summed E-state index contributed by atoms with van der Waals surface area (Å²) in [5, 5.41) is 9.46. The Balaban J connectivity index is 0.00000288. The first kappa shape index (κ1) is 20.7. The van der Waals surface area contributed by atoms with Crippen LogP contribution in [0.1, 0.15) is 37.8 Å². The summed E-state index contributed by atoms with van der Waals surface area (Å²) in [5.74, 6) is 1.24. The molecular weight excluding hydrogens is 415 g/mol. The fraction of sp³-hybridized carbons (Fsp3) is 0.556. The summed E-state index contributed by atoms with van der Waals surface area (Å²) in [6, 6.07) is 8.40. The van der Waals surface area contributed by atoms with E-state index in [1.807, 2.05) is 6.92 Å². The van der Waals surface area contributed by atoms with E-state index in [0.717, 1.165) is 31.8 Å². The SMILES string of the molecule is CCNC(=NCc1ccccc1CC)NCCNC(=O)C1CC1.I. The number of halogens is 1. The number of benzene rings is 1. The molecule has 0 aromatic heterocycles. The molecule has 1 aliphatic carbocycles. The number of nitrogens with one attached hydrogen (secondary N) is 3. The quantitative estimate of drug-likeness (QED) is 0.250. The number of guanidine groups is 1. The Morgan fingerprint density at radius 3 is 2.38 bits per heavy atom. The summed E-state index contributed by atoms with van der Waals surface area (Å²) >= 11 is 0. The predicted octanol–water partition coefficient (Wildman–Crippen LogP) is 2.45. The van der Waals surface area contributed by atoms with E-state index in [-0.39, 0.29) is 35.8 Å². The van der Waals surface area contributed by atoms with Crippen molar-refractivity contribution in [1.29, 1.82) is 0 Å². The minimum Gasteiger partial charge on any atom is -0.357 e. The first-order chi connectivity index (χ1) is 11.2. The topological polar surface area (TPSA) is 65.5 Å². The fourth-order valence-corrected chi connectivity index (χ4v) is 2.42. The van der Waals surface area contributed by atoms with E-state index in [1.165, 1.54) is 11.1 Å².